The molecule has 0 unspecified atom stereocenters. The lowest BCUT2D eigenvalue weighted by Gasteiger charge is -2.11. The lowest BCUT2D eigenvalue weighted by molar-refractivity contribution is -0.129. The molecule has 17 heavy (non-hydrogen) atoms. The summed E-state index contributed by atoms with van der Waals surface area (Å²) < 4.78 is 2.43. The summed E-state index contributed by atoms with van der Waals surface area (Å²) in [6, 6.07) is 1.81. The minimum atomic E-state index is -0.0549. The van der Waals surface area contributed by atoms with E-state index in [2.05, 4.69) is 25.9 Å². The number of pyridine rings is 1. The van der Waals surface area contributed by atoms with Gasteiger partial charge in [-0.1, -0.05) is 0 Å². The molecule has 1 amide bonds. The third kappa shape index (κ3) is 2.23. The molecule has 0 fully saturated rings. The van der Waals surface area contributed by atoms with E-state index in [9.17, 15) is 4.79 Å². The quantitative estimate of drug-likeness (QED) is 0.892. The van der Waals surface area contributed by atoms with E-state index in [0.717, 1.165) is 4.47 Å². The van der Waals surface area contributed by atoms with E-state index in [1.54, 1.807) is 24.9 Å². The van der Waals surface area contributed by atoms with Crippen LogP contribution in [0.5, 0.6) is 0 Å². The molecule has 2 N–H and O–H groups in total. The van der Waals surface area contributed by atoms with Gasteiger partial charge in [0.1, 0.15) is 12.1 Å². The fraction of sp³-hybridized carbons (Fsp3) is 0.300. The third-order valence-electron chi connectivity index (χ3n) is 2.37. The number of carbonyl (C=O) groups excluding carboxylic acids is 1. The van der Waals surface area contributed by atoms with Crippen LogP contribution in [0.1, 0.15) is 0 Å². The van der Waals surface area contributed by atoms with Crippen molar-refractivity contribution in [1.29, 1.82) is 0 Å². The normalized spacial score (nSPS) is 10.8. The summed E-state index contributed by atoms with van der Waals surface area (Å²) in [6.45, 7) is 0.143. The van der Waals surface area contributed by atoms with Crippen molar-refractivity contribution in [1.82, 2.24) is 19.4 Å². The average molecular weight is 298 g/mol. The fourth-order valence-corrected chi connectivity index (χ4v) is 1.76. The number of anilines is 1. The molecular weight excluding hydrogens is 286 g/mol. The minimum absolute atomic E-state index is 0.0549. The predicted molar refractivity (Wildman–Crippen MR) is 68.3 cm³/mol. The van der Waals surface area contributed by atoms with Gasteiger partial charge in [0.2, 0.25) is 11.9 Å². The van der Waals surface area contributed by atoms with Crippen molar-refractivity contribution in [3.8, 4) is 0 Å². The lowest BCUT2D eigenvalue weighted by Crippen LogP contribution is -2.26. The highest BCUT2D eigenvalue weighted by atomic mass is 79.9. The van der Waals surface area contributed by atoms with Crippen LogP contribution in [0.25, 0.3) is 11.2 Å². The molecule has 2 aromatic rings. The first-order valence-corrected chi connectivity index (χ1v) is 5.75. The zero-order valence-corrected chi connectivity index (χ0v) is 11.1. The second kappa shape index (κ2) is 4.33. The number of aromatic nitrogens is 3. The van der Waals surface area contributed by atoms with Crippen molar-refractivity contribution < 1.29 is 4.79 Å². The van der Waals surface area contributed by atoms with Crippen LogP contribution in [0.3, 0.4) is 0 Å². The van der Waals surface area contributed by atoms with E-state index in [-0.39, 0.29) is 12.5 Å². The Labute approximate surface area is 107 Å². The maximum Gasteiger partial charge on any atom is 0.242 e. The molecule has 7 heteroatoms. The van der Waals surface area contributed by atoms with Gasteiger partial charge in [-0.25, -0.2) is 9.97 Å². The zero-order chi connectivity index (χ0) is 12.6. The summed E-state index contributed by atoms with van der Waals surface area (Å²) in [5.41, 5.74) is 7.06. The largest absolute Gasteiger partial charge is 0.369 e. The van der Waals surface area contributed by atoms with Gasteiger partial charge in [0.15, 0.2) is 5.65 Å². The first kappa shape index (κ1) is 11.8. The monoisotopic (exact) mass is 297 g/mol. The van der Waals surface area contributed by atoms with Gasteiger partial charge in [0, 0.05) is 24.8 Å². The molecule has 90 valence electrons. The van der Waals surface area contributed by atoms with Crippen LogP contribution in [0, 0.1) is 0 Å². The summed E-state index contributed by atoms with van der Waals surface area (Å²) in [5.74, 6) is 0.238. The maximum absolute atomic E-state index is 11.7. The van der Waals surface area contributed by atoms with Crippen molar-refractivity contribution in [2.45, 2.75) is 6.54 Å². The van der Waals surface area contributed by atoms with E-state index in [0.29, 0.717) is 17.1 Å². The number of hydrogen-bond donors (Lipinski definition) is 1. The topological polar surface area (TPSA) is 77.0 Å². The molecule has 2 heterocycles. The van der Waals surface area contributed by atoms with Crippen molar-refractivity contribution >= 4 is 38.9 Å². The van der Waals surface area contributed by atoms with Crippen LogP contribution in [-0.4, -0.2) is 39.4 Å². The third-order valence-corrected chi connectivity index (χ3v) is 2.81. The van der Waals surface area contributed by atoms with Crippen LogP contribution in [-0.2, 0) is 11.3 Å². The Hall–Kier alpha value is -1.63. The Morgan fingerprint density at radius 3 is 2.94 bits per heavy atom. The van der Waals surface area contributed by atoms with Crippen LogP contribution < -0.4 is 5.73 Å². The molecule has 0 bridgehead atoms. The van der Waals surface area contributed by atoms with Crippen LogP contribution in [0.15, 0.2) is 16.7 Å². The molecule has 2 rings (SSSR count). The molecule has 0 saturated carbocycles. The second-order valence-electron chi connectivity index (χ2n) is 3.84. The van der Waals surface area contributed by atoms with E-state index < -0.39 is 0 Å². The van der Waals surface area contributed by atoms with Crippen LogP contribution >= 0.6 is 15.9 Å². The van der Waals surface area contributed by atoms with E-state index in [1.807, 2.05) is 6.07 Å². The highest BCUT2D eigenvalue weighted by molar-refractivity contribution is 9.10. The summed E-state index contributed by atoms with van der Waals surface area (Å²) in [7, 11) is 3.39. The second-order valence-corrected chi connectivity index (χ2v) is 4.76. The Balaban J connectivity index is 2.46. The standard InChI is InChI=1S/C10H12BrN5O/c1-15(2)8(17)5-16-9-7(14-10(16)12)3-6(11)4-13-9/h3-4H,5H2,1-2H3,(H2,12,14). The molecule has 2 aromatic heterocycles. The average Bonchev–Trinajstić information content (AvgIpc) is 2.54. The first-order chi connectivity index (χ1) is 7.99. The molecule has 0 spiro atoms. The van der Waals surface area contributed by atoms with Crippen LogP contribution in [0.4, 0.5) is 5.95 Å². The summed E-state index contributed by atoms with van der Waals surface area (Å²) in [4.78, 5) is 21.5. The molecule has 0 saturated heterocycles. The number of hydrogen-bond acceptors (Lipinski definition) is 4. The zero-order valence-electron chi connectivity index (χ0n) is 9.51. The van der Waals surface area contributed by atoms with Gasteiger partial charge in [-0.15, -0.1) is 0 Å². The number of nitrogen functional groups attached to an aromatic ring is 1. The minimum Gasteiger partial charge on any atom is -0.369 e. The number of nitrogens with zero attached hydrogens (tertiary/aromatic N) is 4. The molecular formula is C10H12BrN5O. The van der Waals surface area contributed by atoms with Gasteiger partial charge >= 0.3 is 0 Å². The van der Waals surface area contributed by atoms with E-state index >= 15 is 0 Å². The summed E-state index contributed by atoms with van der Waals surface area (Å²) in [5, 5.41) is 0. The fourth-order valence-electron chi connectivity index (χ4n) is 1.44. The predicted octanol–water partition coefficient (Wildman–Crippen LogP) is 0.864. The Morgan fingerprint density at radius 1 is 1.59 bits per heavy atom. The Morgan fingerprint density at radius 2 is 2.29 bits per heavy atom. The maximum atomic E-state index is 11.7. The highest BCUT2D eigenvalue weighted by Crippen LogP contribution is 2.19. The van der Waals surface area contributed by atoms with Crippen molar-refractivity contribution in [2.75, 3.05) is 19.8 Å². The van der Waals surface area contributed by atoms with Crippen molar-refractivity contribution in [2.24, 2.45) is 0 Å². The molecule has 0 atom stereocenters. The first-order valence-electron chi connectivity index (χ1n) is 4.96. The van der Waals surface area contributed by atoms with E-state index in [1.165, 1.54) is 4.90 Å². The number of likely N-dealkylation sites (N-methyl/N-ethyl adjacent to an activating group) is 1. The summed E-state index contributed by atoms with van der Waals surface area (Å²) >= 11 is 3.31. The lowest BCUT2D eigenvalue weighted by atomic mass is 10.4. The number of fused-ring (bicyclic) bond motifs is 1. The van der Waals surface area contributed by atoms with Crippen LogP contribution in [0.2, 0.25) is 0 Å². The van der Waals surface area contributed by atoms with Gasteiger partial charge in [-0.3, -0.25) is 9.36 Å². The molecule has 0 aliphatic heterocycles. The number of imidazole rings is 1. The van der Waals surface area contributed by atoms with Crippen molar-refractivity contribution in [3.05, 3.63) is 16.7 Å². The number of carbonyl (C=O) groups is 1. The Bertz CT molecular complexity index is 577. The van der Waals surface area contributed by atoms with Gasteiger partial charge in [-0.05, 0) is 22.0 Å². The number of amides is 1. The van der Waals surface area contributed by atoms with Crippen molar-refractivity contribution in [3.63, 3.8) is 0 Å². The summed E-state index contributed by atoms with van der Waals surface area (Å²) in [6.07, 6.45) is 1.65. The van der Waals surface area contributed by atoms with Gasteiger partial charge in [0.25, 0.3) is 0 Å². The molecule has 0 radical (unpaired) electrons. The number of rotatable bonds is 2. The molecule has 0 aliphatic carbocycles. The molecule has 0 aliphatic rings. The highest BCUT2D eigenvalue weighted by Gasteiger charge is 2.13. The van der Waals surface area contributed by atoms with Gasteiger partial charge < -0.3 is 10.6 Å². The Kier molecular flexibility index (Phi) is 3.01. The number of halogens is 1. The van der Waals surface area contributed by atoms with Gasteiger partial charge in [-0.2, -0.15) is 0 Å². The molecule has 0 aromatic carbocycles. The SMILES string of the molecule is CN(C)C(=O)Cn1c(N)nc2cc(Br)cnc21. The molecule has 6 nitrogen and oxygen atoms in total. The number of nitrogens with two attached hydrogens (primary N) is 1. The van der Waals surface area contributed by atoms with Gasteiger partial charge in [0.05, 0.1) is 0 Å². The smallest absolute Gasteiger partial charge is 0.242 e. The van der Waals surface area contributed by atoms with E-state index in [4.69, 9.17) is 5.73 Å².